The van der Waals surface area contributed by atoms with Gasteiger partial charge in [0.25, 0.3) is 5.91 Å². The molecule has 0 aliphatic rings. The number of amides is 2. The Morgan fingerprint density at radius 2 is 1.58 bits per heavy atom. The highest BCUT2D eigenvalue weighted by Gasteiger charge is 2.26. The average Bonchev–Trinajstić information content (AvgIpc) is 2.73. The van der Waals surface area contributed by atoms with Gasteiger partial charge in [-0.15, -0.1) is 0 Å². The van der Waals surface area contributed by atoms with Gasteiger partial charge in [0.2, 0.25) is 5.91 Å². The highest BCUT2D eigenvalue weighted by atomic mass is 16.2. The van der Waals surface area contributed by atoms with Crippen LogP contribution in [0.2, 0.25) is 0 Å². The lowest BCUT2D eigenvalue weighted by molar-refractivity contribution is -0.719. The van der Waals surface area contributed by atoms with Gasteiger partial charge in [-0.05, 0) is 43.9 Å². The molecular formula is C26H38N3O2+. The van der Waals surface area contributed by atoms with Crippen LogP contribution in [0.15, 0.2) is 42.5 Å². The molecule has 2 aromatic rings. The van der Waals surface area contributed by atoms with Crippen molar-refractivity contribution in [3.05, 3.63) is 64.7 Å². The number of hydrogen-bond acceptors (Lipinski definition) is 2. The quantitative estimate of drug-likeness (QED) is 0.544. The van der Waals surface area contributed by atoms with E-state index in [4.69, 9.17) is 0 Å². The van der Waals surface area contributed by atoms with Gasteiger partial charge in [0.1, 0.15) is 6.04 Å². The number of para-hydroxylation sites is 1. The van der Waals surface area contributed by atoms with Gasteiger partial charge < -0.3 is 16.0 Å². The molecule has 2 aromatic carbocycles. The molecule has 0 aliphatic heterocycles. The minimum Gasteiger partial charge on any atom is -0.342 e. The van der Waals surface area contributed by atoms with Crippen molar-refractivity contribution >= 4 is 17.5 Å². The predicted molar refractivity (Wildman–Crippen MR) is 127 cm³/mol. The van der Waals surface area contributed by atoms with Gasteiger partial charge in [0, 0.05) is 17.2 Å². The topological polar surface area (TPSA) is 74.8 Å². The number of nitrogens with two attached hydrogens (primary N) is 1. The summed E-state index contributed by atoms with van der Waals surface area (Å²) in [5.74, 6) is 0.0226. The second-order valence-corrected chi connectivity index (χ2v) is 8.78. The van der Waals surface area contributed by atoms with Crippen LogP contribution in [0, 0.1) is 19.8 Å². The summed E-state index contributed by atoms with van der Waals surface area (Å²) in [6.45, 7) is 12.3. The first kappa shape index (κ1) is 24.6. The summed E-state index contributed by atoms with van der Waals surface area (Å²) in [6, 6.07) is 14.5. The summed E-state index contributed by atoms with van der Waals surface area (Å²) in [5, 5.41) is 7.79. The van der Waals surface area contributed by atoms with E-state index in [1.54, 1.807) is 0 Å². The molecule has 0 saturated heterocycles. The molecule has 0 saturated carbocycles. The molecule has 0 fully saturated rings. The van der Waals surface area contributed by atoms with Crippen molar-refractivity contribution in [2.75, 3.05) is 11.9 Å². The maximum Gasteiger partial charge on any atom is 0.278 e. The minimum absolute atomic E-state index is 0.0388. The van der Waals surface area contributed by atoms with Gasteiger partial charge in [-0.25, -0.2) is 0 Å². The normalized spacial score (nSPS) is 13.0. The zero-order chi connectivity index (χ0) is 23.0. The van der Waals surface area contributed by atoms with Crippen molar-refractivity contribution in [2.24, 2.45) is 5.92 Å². The number of carbonyl (C=O) groups excluding carboxylic acids is 2. The van der Waals surface area contributed by atoms with E-state index in [1.165, 1.54) is 11.1 Å². The number of nitrogens with one attached hydrogen (secondary N) is 2. The summed E-state index contributed by atoms with van der Waals surface area (Å²) in [4.78, 5) is 25.0. The van der Waals surface area contributed by atoms with E-state index in [9.17, 15) is 9.59 Å². The van der Waals surface area contributed by atoms with Crippen LogP contribution in [0.1, 0.15) is 62.4 Å². The zero-order valence-corrected chi connectivity index (χ0v) is 19.8. The molecule has 5 nitrogen and oxygen atoms in total. The molecule has 0 bridgehead atoms. The Labute approximate surface area is 187 Å². The Kier molecular flexibility index (Phi) is 9.25. The lowest BCUT2D eigenvalue weighted by atomic mass is 9.94. The van der Waals surface area contributed by atoms with E-state index in [1.807, 2.05) is 39.0 Å². The Morgan fingerprint density at radius 3 is 2.13 bits per heavy atom. The number of quaternary nitrogens is 1. The van der Waals surface area contributed by atoms with E-state index in [0.717, 1.165) is 29.7 Å². The predicted octanol–water partition coefficient (Wildman–Crippen LogP) is 3.66. The average molecular weight is 425 g/mol. The molecule has 2 amide bonds. The lowest BCUT2D eigenvalue weighted by Crippen LogP contribution is -2.93. The number of aryl methyl sites for hydroxylation is 3. The maximum absolute atomic E-state index is 12.6. The van der Waals surface area contributed by atoms with Crippen molar-refractivity contribution < 1.29 is 14.9 Å². The van der Waals surface area contributed by atoms with Gasteiger partial charge >= 0.3 is 0 Å². The third-order valence-electron chi connectivity index (χ3n) is 5.70. The first-order chi connectivity index (χ1) is 14.7. The fourth-order valence-corrected chi connectivity index (χ4v) is 3.84. The molecule has 2 atom stereocenters. The second kappa shape index (κ2) is 11.7. The van der Waals surface area contributed by atoms with Crippen LogP contribution in [0.3, 0.4) is 0 Å². The highest BCUT2D eigenvalue weighted by Crippen LogP contribution is 2.20. The molecule has 2 rings (SSSR count). The molecule has 5 heteroatoms. The van der Waals surface area contributed by atoms with Crippen molar-refractivity contribution in [1.29, 1.82) is 0 Å². The minimum atomic E-state index is -0.296. The number of carbonyl (C=O) groups is 2. The van der Waals surface area contributed by atoms with Crippen LogP contribution in [-0.4, -0.2) is 24.4 Å². The van der Waals surface area contributed by atoms with E-state index >= 15 is 0 Å². The van der Waals surface area contributed by atoms with E-state index in [2.05, 4.69) is 61.0 Å². The molecular weight excluding hydrogens is 386 g/mol. The fraction of sp³-hybridized carbons (Fsp3) is 0.462. The highest BCUT2D eigenvalue weighted by molar-refractivity contribution is 5.96. The molecule has 31 heavy (non-hydrogen) atoms. The second-order valence-electron chi connectivity index (χ2n) is 8.78. The molecule has 0 spiro atoms. The van der Waals surface area contributed by atoms with E-state index in [0.29, 0.717) is 5.92 Å². The maximum atomic E-state index is 12.6. The number of hydrogen-bond donors (Lipinski definition) is 3. The summed E-state index contributed by atoms with van der Waals surface area (Å²) < 4.78 is 0. The molecule has 0 heterocycles. The van der Waals surface area contributed by atoms with Crippen LogP contribution in [0.25, 0.3) is 0 Å². The smallest absolute Gasteiger partial charge is 0.278 e. The van der Waals surface area contributed by atoms with Crippen LogP contribution >= 0.6 is 0 Å². The van der Waals surface area contributed by atoms with Crippen molar-refractivity contribution in [1.82, 2.24) is 5.32 Å². The Balaban J connectivity index is 1.92. The molecule has 168 valence electrons. The summed E-state index contributed by atoms with van der Waals surface area (Å²) in [6.07, 6.45) is 2.21. The third-order valence-corrected chi connectivity index (χ3v) is 5.70. The third kappa shape index (κ3) is 7.21. The standard InChI is InChI=1S/C26H37N3O2/c1-7-9-21-12-14-22(15-13-21)24(17(2)3)28-20(6)26(31)27-16-23(30)29-25-18(4)10-8-11-19(25)5/h8,10-15,17,20,24,28H,7,9,16H2,1-6H3,(H,27,31)(H,29,30)/p+1/t20-,24-/m0/s1. The van der Waals surface area contributed by atoms with Crippen LogP contribution in [0.5, 0.6) is 0 Å². The molecule has 0 aliphatic carbocycles. The molecule has 4 N–H and O–H groups in total. The Morgan fingerprint density at radius 1 is 0.968 bits per heavy atom. The van der Waals surface area contributed by atoms with E-state index < -0.39 is 0 Å². The summed E-state index contributed by atoms with van der Waals surface area (Å²) in [7, 11) is 0. The van der Waals surface area contributed by atoms with Crippen LogP contribution < -0.4 is 16.0 Å². The summed E-state index contributed by atoms with van der Waals surface area (Å²) >= 11 is 0. The largest absolute Gasteiger partial charge is 0.342 e. The Bertz CT molecular complexity index is 854. The zero-order valence-electron chi connectivity index (χ0n) is 19.8. The van der Waals surface area contributed by atoms with Crippen molar-refractivity contribution in [3.63, 3.8) is 0 Å². The van der Waals surface area contributed by atoms with E-state index in [-0.39, 0.29) is 30.4 Å². The van der Waals surface area contributed by atoms with Crippen molar-refractivity contribution in [2.45, 2.75) is 66.5 Å². The van der Waals surface area contributed by atoms with Gasteiger partial charge in [0.15, 0.2) is 6.04 Å². The lowest BCUT2D eigenvalue weighted by Gasteiger charge is -2.23. The van der Waals surface area contributed by atoms with Gasteiger partial charge in [-0.1, -0.05) is 69.7 Å². The number of anilines is 1. The number of benzene rings is 2. The number of rotatable bonds is 10. The molecule has 0 aromatic heterocycles. The molecule has 0 radical (unpaired) electrons. The Hall–Kier alpha value is -2.66. The first-order valence-corrected chi connectivity index (χ1v) is 11.3. The SMILES string of the molecule is CCCc1ccc([C@@H]([NH2+][C@@H](C)C(=O)NCC(=O)Nc2c(C)cccc2C)C(C)C)cc1. The van der Waals surface area contributed by atoms with Gasteiger partial charge in [-0.3, -0.25) is 9.59 Å². The van der Waals surface area contributed by atoms with Gasteiger partial charge in [0.05, 0.1) is 6.54 Å². The van der Waals surface area contributed by atoms with Crippen LogP contribution in [0.4, 0.5) is 5.69 Å². The monoisotopic (exact) mass is 424 g/mol. The summed E-state index contributed by atoms with van der Waals surface area (Å²) in [5.41, 5.74) is 5.39. The molecule has 0 unspecified atom stereocenters. The van der Waals surface area contributed by atoms with Crippen LogP contribution in [-0.2, 0) is 16.0 Å². The fourth-order valence-electron chi connectivity index (χ4n) is 3.84. The van der Waals surface area contributed by atoms with Crippen molar-refractivity contribution in [3.8, 4) is 0 Å². The van der Waals surface area contributed by atoms with Gasteiger partial charge in [-0.2, -0.15) is 0 Å². The first-order valence-electron chi connectivity index (χ1n) is 11.3.